The van der Waals surface area contributed by atoms with Gasteiger partial charge in [0.15, 0.2) is 0 Å². The van der Waals surface area contributed by atoms with E-state index >= 15 is 0 Å². The van der Waals surface area contributed by atoms with E-state index in [9.17, 15) is 5.11 Å². The van der Waals surface area contributed by atoms with Crippen molar-refractivity contribution in [3.05, 3.63) is 17.7 Å². The minimum Gasteiger partial charge on any atom is -0.496 e. The van der Waals surface area contributed by atoms with E-state index in [0.717, 1.165) is 28.4 Å². The third kappa shape index (κ3) is 3.07. The normalized spacial score (nSPS) is 12.3. The summed E-state index contributed by atoms with van der Waals surface area (Å²) in [5.41, 5.74) is 1.01. The Morgan fingerprint density at radius 1 is 1.24 bits per heavy atom. The SMILES string of the molecule is CCC(CO)c1cc(OC)c(SC)cc1OC. The summed E-state index contributed by atoms with van der Waals surface area (Å²) in [6.45, 7) is 2.17. The minimum absolute atomic E-state index is 0.0924. The second-order valence-electron chi connectivity index (χ2n) is 3.74. The first-order valence-electron chi connectivity index (χ1n) is 5.62. The molecule has 0 fully saturated rings. The molecule has 1 atom stereocenters. The van der Waals surface area contributed by atoms with Crippen LogP contribution in [0.15, 0.2) is 17.0 Å². The summed E-state index contributed by atoms with van der Waals surface area (Å²) in [6, 6.07) is 3.94. The molecule has 1 aromatic rings. The molecule has 0 radical (unpaired) electrons. The second-order valence-corrected chi connectivity index (χ2v) is 4.58. The van der Waals surface area contributed by atoms with Gasteiger partial charge in [0.25, 0.3) is 0 Å². The monoisotopic (exact) mass is 256 g/mol. The zero-order chi connectivity index (χ0) is 12.8. The van der Waals surface area contributed by atoms with Crippen molar-refractivity contribution in [1.82, 2.24) is 0 Å². The highest BCUT2D eigenvalue weighted by Crippen LogP contribution is 2.38. The van der Waals surface area contributed by atoms with Crippen LogP contribution in [0.4, 0.5) is 0 Å². The van der Waals surface area contributed by atoms with Gasteiger partial charge in [-0.3, -0.25) is 0 Å². The molecule has 1 N–H and O–H groups in total. The van der Waals surface area contributed by atoms with Crippen LogP contribution in [-0.4, -0.2) is 32.2 Å². The van der Waals surface area contributed by atoms with Crippen molar-refractivity contribution in [2.24, 2.45) is 0 Å². The fourth-order valence-electron chi connectivity index (χ4n) is 1.82. The topological polar surface area (TPSA) is 38.7 Å². The van der Waals surface area contributed by atoms with Gasteiger partial charge in [0.1, 0.15) is 11.5 Å². The number of thioether (sulfide) groups is 1. The van der Waals surface area contributed by atoms with E-state index in [-0.39, 0.29) is 12.5 Å². The van der Waals surface area contributed by atoms with Gasteiger partial charge in [0.05, 0.1) is 25.7 Å². The molecular formula is C13H20O3S. The van der Waals surface area contributed by atoms with Gasteiger partial charge < -0.3 is 14.6 Å². The van der Waals surface area contributed by atoms with Gasteiger partial charge in [-0.25, -0.2) is 0 Å². The summed E-state index contributed by atoms with van der Waals surface area (Å²) >= 11 is 1.62. The molecule has 0 aliphatic carbocycles. The van der Waals surface area contributed by atoms with Crippen LogP contribution in [0.3, 0.4) is 0 Å². The van der Waals surface area contributed by atoms with Crippen LogP contribution in [0, 0.1) is 0 Å². The first-order chi connectivity index (χ1) is 8.21. The number of ether oxygens (including phenoxy) is 2. The molecule has 1 unspecified atom stereocenters. The largest absolute Gasteiger partial charge is 0.496 e. The van der Waals surface area contributed by atoms with Crippen molar-refractivity contribution in [2.45, 2.75) is 24.2 Å². The van der Waals surface area contributed by atoms with E-state index in [1.54, 1.807) is 26.0 Å². The van der Waals surface area contributed by atoms with Gasteiger partial charge in [-0.15, -0.1) is 11.8 Å². The molecule has 1 rings (SSSR count). The van der Waals surface area contributed by atoms with Crippen molar-refractivity contribution in [1.29, 1.82) is 0 Å². The van der Waals surface area contributed by atoms with Gasteiger partial charge in [-0.05, 0) is 24.8 Å². The maximum Gasteiger partial charge on any atom is 0.132 e. The van der Waals surface area contributed by atoms with Crippen LogP contribution in [0.5, 0.6) is 11.5 Å². The van der Waals surface area contributed by atoms with Crippen molar-refractivity contribution in [2.75, 3.05) is 27.1 Å². The summed E-state index contributed by atoms with van der Waals surface area (Å²) < 4.78 is 10.7. The van der Waals surface area contributed by atoms with Crippen LogP contribution < -0.4 is 9.47 Å². The van der Waals surface area contributed by atoms with E-state index in [2.05, 4.69) is 6.92 Å². The Kier molecular flexibility index (Phi) is 5.65. The molecule has 1 aromatic carbocycles. The molecule has 0 bridgehead atoms. The lowest BCUT2D eigenvalue weighted by molar-refractivity contribution is 0.258. The fourth-order valence-corrected chi connectivity index (χ4v) is 2.39. The summed E-state index contributed by atoms with van der Waals surface area (Å²) in [5, 5.41) is 9.39. The molecular weight excluding hydrogens is 236 g/mol. The molecule has 0 spiro atoms. The van der Waals surface area contributed by atoms with E-state index in [1.807, 2.05) is 18.4 Å². The lowest BCUT2D eigenvalue weighted by atomic mass is 9.96. The molecule has 0 saturated heterocycles. The van der Waals surface area contributed by atoms with Crippen LogP contribution in [0.25, 0.3) is 0 Å². The maximum absolute atomic E-state index is 9.39. The summed E-state index contributed by atoms with van der Waals surface area (Å²) in [7, 11) is 3.31. The number of aliphatic hydroxyl groups is 1. The van der Waals surface area contributed by atoms with Gasteiger partial charge in [0.2, 0.25) is 0 Å². The molecule has 96 valence electrons. The van der Waals surface area contributed by atoms with Crippen molar-refractivity contribution >= 4 is 11.8 Å². The first-order valence-corrected chi connectivity index (χ1v) is 6.85. The minimum atomic E-state index is 0.0924. The van der Waals surface area contributed by atoms with E-state index in [4.69, 9.17) is 9.47 Å². The Balaban J connectivity index is 3.27. The lowest BCUT2D eigenvalue weighted by Crippen LogP contribution is -2.06. The van der Waals surface area contributed by atoms with Crippen molar-refractivity contribution in [3.63, 3.8) is 0 Å². The number of rotatable bonds is 6. The zero-order valence-electron chi connectivity index (χ0n) is 10.8. The summed E-state index contributed by atoms with van der Waals surface area (Å²) in [6.07, 6.45) is 2.87. The smallest absolute Gasteiger partial charge is 0.132 e. The lowest BCUT2D eigenvalue weighted by Gasteiger charge is -2.18. The van der Waals surface area contributed by atoms with Gasteiger partial charge in [-0.1, -0.05) is 6.92 Å². The number of hydrogen-bond acceptors (Lipinski definition) is 4. The van der Waals surface area contributed by atoms with Crippen molar-refractivity contribution in [3.8, 4) is 11.5 Å². The van der Waals surface area contributed by atoms with Crippen LogP contribution in [0.2, 0.25) is 0 Å². The Hall–Kier alpha value is -0.870. The number of methoxy groups -OCH3 is 2. The molecule has 0 aliphatic heterocycles. The molecule has 0 saturated carbocycles. The molecule has 0 amide bonds. The van der Waals surface area contributed by atoms with Crippen LogP contribution in [-0.2, 0) is 0 Å². The fraction of sp³-hybridized carbons (Fsp3) is 0.538. The zero-order valence-corrected chi connectivity index (χ0v) is 11.6. The maximum atomic E-state index is 9.39. The van der Waals surface area contributed by atoms with Gasteiger partial charge in [-0.2, -0.15) is 0 Å². The third-order valence-electron chi connectivity index (χ3n) is 2.89. The number of hydrogen-bond donors (Lipinski definition) is 1. The highest BCUT2D eigenvalue weighted by molar-refractivity contribution is 7.98. The standard InChI is InChI=1S/C13H20O3S/c1-5-9(8-14)10-6-12(16-3)13(17-4)7-11(10)15-2/h6-7,9,14H,5,8H2,1-4H3. The van der Waals surface area contributed by atoms with Crippen LogP contribution >= 0.6 is 11.8 Å². The highest BCUT2D eigenvalue weighted by Gasteiger charge is 2.17. The molecule has 3 nitrogen and oxygen atoms in total. The summed E-state index contributed by atoms with van der Waals surface area (Å²) in [5.74, 6) is 1.74. The van der Waals surface area contributed by atoms with Crippen molar-refractivity contribution < 1.29 is 14.6 Å². The predicted octanol–water partition coefficient (Wildman–Crippen LogP) is 2.91. The average molecular weight is 256 g/mol. The van der Waals surface area contributed by atoms with Gasteiger partial charge in [0, 0.05) is 11.5 Å². The van der Waals surface area contributed by atoms with E-state index in [1.165, 1.54) is 0 Å². The quantitative estimate of drug-likeness (QED) is 0.794. The average Bonchev–Trinajstić information content (AvgIpc) is 2.39. The van der Waals surface area contributed by atoms with E-state index in [0.29, 0.717) is 0 Å². The molecule has 4 heteroatoms. The predicted molar refractivity (Wildman–Crippen MR) is 71.4 cm³/mol. The van der Waals surface area contributed by atoms with Crippen LogP contribution in [0.1, 0.15) is 24.8 Å². The molecule has 17 heavy (non-hydrogen) atoms. The van der Waals surface area contributed by atoms with E-state index < -0.39 is 0 Å². The highest BCUT2D eigenvalue weighted by atomic mass is 32.2. The molecule has 0 aliphatic rings. The second kappa shape index (κ2) is 6.77. The Morgan fingerprint density at radius 3 is 2.29 bits per heavy atom. The molecule has 0 heterocycles. The molecule has 0 aromatic heterocycles. The Morgan fingerprint density at radius 2 is 1.88 bits per heavy atom. The summed E-state index contributed by atoms with van der Waals surface area (Å²) in [4.78, 5) is 1.04. The number of aliphatic hydroxyl groups excluding tert-OH is 1. The third-order valence-corrected chi connectivity index (χ3v) is 3.65. The Labute approximate surface area is 107 Å². The Bertz CT molecular complexity index is 362. The number of benzene rings is 1. The van der Waals surface area contributed by atoms with Gasteiger partial charge >= 0.3 is 0 Å². The first kappa shape index (κ1) is 14.2.